The van der Waals surface area contributed by atoms with E-state index in [1.54, 1.807) is 11.8 Å². The van der Waals surface area contributed by atoms with Crippen LogP contribution < -0.4 is 0 Å². The SMILES string of the molecule is SC1=CC(S)SC=C1. The van der Waals surface area contributed by atoms with Crippen LogP contribution in [0, 0.1) is 0 Å². The summed E-state index contributed by atoms with van der Waals surface area (Å²) in [4.78, 5) is 1.00. The zero-order valence-electron chi connectivity index (χ0n) is 4.11. The van der Waals surface area contributed by atoms with Gasteiger partial charge in [0.2, 0.25) is 0 Å². The van der Waals surface area contributed by atoms with Gasteiger partial charge in [-0.05, 0) is 17.6 Å². The molecule has 0 aromatic carbocycles. The largest absolute Gasteiger partial charge is 0.160 e. The van der Waals surface area contributed by atoms with E-state index >= 15 is 0 Å². The van der Waals surface area contributed by atoms with E-state index in [9.17, 15) is 0 Å². The predicted molar refractivity (Wildman–Crippen MR) is 46.6 cm³/mol. The molecule has 1 aliphatic rings. The summed E-state index contributed by atoms with van der Waals surface area (Å²) in [7, 11) is 0. The topological polar surface area (TPSA) is 0 Å². The molecule has 0 radical (unpaired) electrons. The molecule has 0 saturated carbocycles. The van der Waals surface area contributed by atoms with Gasteiger partial charge >= 0.3 is 0 Å². The summed E-state index contributed by atoms with van der Waals surface area (Å²) in [6.07, 6.45) is 3.96. The van der Waals surface area contributed by atoms with Crippen molar-refractivity contribution in [1.82, 2.24) is 0 Å². The van der Waals surface area contributed by atoms with Crippen LogP contribution in [0.5, 0.6) is 0 Å². The average molecular weight is 162 g/mol. The van der Waals surface area contributed by atoms with Crippen molar-refractivity contribution in [3.05, 3.63) is 22.5 Å². The van der Waals surface area contributed by atoms with Crippen LogP contribution in [-0.2, 0) is 0 Å². The molecule has 0 aromatic heterocycles. The van der Waals surface area contributed by atoms with Gasteiger partial charge < -0.3 is 0 Å². The molecule has 3 heteroatoms. The van der Waals surface area contributed by atoms with E-state index in [-0.39, 0.29) is 0 Å². The molecule has 0 fully saturated rings. The van der Waals surface area contributed by atoms with Crippen LogP contribution in [0.2, 0.25) is 0 Å². The second-order valence-corrected chi connectivity index (χ2v) is 3.90. The predicted octanol–water partition coefficient (Wildman–Crippen LogP) is 2.32. The Morgan fingerprint density at radius 2 is 2.38 bits per heavy atom. The average Bonchev–Trinajstić information content (AvgIpc) is 1.64. The number of allylic oxidation sites excluding steroid dienone is 1. The maximum absolute atomic E-state index is 4.21. The molecule has 1 atom stereocenters. The molecule has 8 heavy (non-hydrogen) atoms. The fourth-order valence-corrected chi connectivity index (χ4v) is 1.96. The molecule has 0 aliphatic carbocycles. The summed E-state index contributed by atoms with van der Waals surface area (Å²) in [5, 5.41) is 2.00. The van der Waals surface area contributed by atoms with Crippen molar-refractivity contribution in [1.29, 1.82) is 0 Å². The van der Waals surface area contributed by atoms with E-state index in [1.807, 2.05) is 17.6 Å². The van der Waals surface area contributed by atoms with Crippen molar-refractivity contribution >= 4 is 37.0 Å². The molecule has 0 spiro atoms. The number of rotatable bonds is 0. The van der Waals surface area contributed by atoms with Gasteiger partial charge in [-0.2, -0.15) is 12.6 Å². The van der Waals surface area contributed by atoms with Crippen molar-refractivity contribution in [3.63, 3.8) is 0 Å². The number of thioether (sulfide) groups is 1. The molecular weight excluding hydrogens is 156 g/mol. The normalized spacial score (nSPS) is 27.8. The second kappa shape index (κ2) is 2.90. The first kappa shape index (κ1) is 6.65. The zero-order valence-corrected chi connectivity index (χ0v) is 6.72. The van der Waals surface area contributed by atoms with Crippen molar-refractivity contribution in [2.75, 3.05) is 0 Å². The highest BCUT2D eigenvalue weighted by molar-refractivity contribution is 8.12. The molecule has 1 rings (SSSR count). The van der Waals surface area contributed by atoms with Gasteiger partial charge in [0, 0.05) is 4.91 Å². The lowest BCUT2D eigenvalue weighted by Gasteiger charge is -2.05. The minimum Gasteiger partial charge on any atom is -0.160 e. The van der Waals surface area contributed by atoms with Crippen molar-refractivity contribution in [2.45, 2.75) is 4.58 Å². The summed E-state index contributed by atoms with van der Waals surface area (Å²) in [6, 6.07) is 0. The maximum Gasteiger partial charge on any atom is 0.0707 e. The standard InChI is InChI=1S/C5H6S3/c6-4-1-2-8-5(7)3-4/h1-3,5-7H. The molecule has 0 bridgehead atoms. The Kier molecular flexibility index (Phi) is 2.41. The van der Waals surface area contributed by atoms with Gasteiger partial charge in [-0.3, -0.25) is 0 Å². The van der Waals surface area contributed by atoms with Crippen LogP contribution in [0.4, 0.5) is 0 Å². The quantitative estimate of drug-likeness (QED) is 0.515. The zero-order chi connectivity index (χ0) is 5.98. The van der Waals surface area contributed by atoms with Crippen molar-refractivity contribution in [2.24, 2.45) is 0 Å². The molecule has 44 valence electrons. The third-order valence-corrected chi connectivity index (χ3v) is 2.29. The Bertz CT molecular complexity index is 137. The Hall–Kier alpha value is 0.530. The first-order chi connectivity index (χ1) is 3.79. The lowest BCUT2D eigenvalue weighted by atomic mass is 10.5. The smallest absolute Gasteiger partial charge is 0.0707 e. The minimum absolute atomic E-state index is 0.299. The first-order valence-electron chi connectivity index (χ1n) is 2.20. The Morgan fingerprint density at radius 3 is 2.75 bits per heavy atom. The van der Waals surface area contributed by atoms with E-state index in [0.29, 0.717) is 4.58 Å². The van der Waals surface area contributed by atoms with Gasteiger partial charge in [-0.1, -0.05) is 0 Å². The highest BCUT2D eigenvalue weighted by atomic mass is 32.2. The van der Waals surface area contributed by atoms with Crippen molar-refractivity contribution in [3.8, 4) is 0 Å². The highest BCUT2D eigenvalue weighted by Crippen LogP contribution is 2.25. The van der Waals surface area contributed by atoms with E-state index in [2.05, 4.69) is 25.3 Å². The molecule has 0 N–H and O–H groups in total. The molecule has 1 unspecified atom stereocenters. The summed E-state index contributed by atoms with van der Waals surface area (Å²) in [5.41, 5.74) is 0. The summed E-state index contributed by atoms with van der Waals surface area (Å²) < 4.78 is 0.299. The molecule has 0 aromatic rings. The van der Waals surface area contributed by atoms with Gasteiger partial charge in [0.05, 0.1) is 4.58 Å². The van der Waals surface area contributed by atoms with E-state index in [4.69, 9.17) is 0 Å². The third kappa shape index (κ3) is 1.80. The molecule has 1 heterocycles. The van der Waals surface area contributed by atoms with E-state index in [0.717, 1.165) is 4.91 Å². The lowest BCUT2D eigenvalue weighted by molar-refractivity contribution is 1.63. The molecule has 0 nitrogen and oxygen atoms in total. The molecule has 1 aliphatic heterocycles. The highest BCUT2D eigenvalue weighted by Gasteiger charge is 2.00. The monoisotopic (exact) mass is 162 g/mol. The summed E-state index contributed by atoms with van der Waals surface area (Å²) in [5.74, 6) is 0. The second-order valence-electron chi connectivity index (χ2n) is 1.42. The van der Waals surface area contributed by atoms with Crippen LogP contribution in [0.15, 0.2) is 22.5 Å². The van der Waals surface area contributed by atoms with Gasteiger partial charge in [-0.15, -0.1) is 24.4 Å². The third-order valence-electron chi connectivity index (χ3n) is 0.770. The fourth-order valence-electron chi connectivity index (χ4n) is 0.430. The number of hydrogen-bond acceptors (Lipinski definition) is 3. The summed E-state index contributed by atoms with van der Waals surface area (Å²) >= 11 is 10.0. The molecule has 0 amide bonds. The van der Waals surface area contributed by atoms with Gasteiger partial charge in [0.1, 0.15) is 0 Å². The number of thiol groups is 2. The fraction of sp³-hybridized carbons (Fsp3) is 0.200. The van der Waals surface area contributed by atoms with Crippen LogP contribution in [0.1, 0.15) is 0 Å². The lowest BCUT2D eigenvalue weighted by Crippen LogP contribution is -1.87. The molecular formula is C5H6S3. The van der Waals surface area contributed by atoms with Crippen LogP contribution in [0.25, 0.3) is 0 Å². The van der Waals surface area contributed by atoms with Crippen LogP contribution >= 0.6 is 37.0 Å². The summed E-state index contributed by atoms with van der Waals surface area (Å²) in [6.45, 7) is 0. The van der Waals surface area contributed by atoms with Crippen LogP contribution in [-0.4, -0.2) is 4.58 Å². The Balaban J connectivity index is 2.63. The number of hydrogen-bond donors (Lipinski definition) is 2. The van der Waals surface area contributed by atoms with E-state index < -0.39 is 0 Å². The first-order valence-corrected chi connectivity index (χ1v) is 4.10. The molecule has 0 saturated heterocycles. The van der Waals surface area contributed by atoms with Gasteiger partial charge in [-0.25, -0.2) is 0 Å². The van der Waals surface area contributed by atoms with Gasteiger partial charge in [0.25, 0.3) is 0 Å². The van der Waals surface area contributed by atoms with E-state index in [1.165, 1.54) is 0 Å². The maximum atomic E-state index is 4.21. The van der Waals surface area contributed by atoms with Crippen molar-refractivity contribution < 1.29 is 0 Å². The van der Waals surface area contributed by atoms with Gasteiger partial charge in [0.15, 0.2) is 0 Å². The Morgan fingerprint density at radius 1 is 1.62 bits per heavy atom. The minimum atomic E-state index is 0.299. The Labute approximate surface area is 64.2 Å². The van der Waals surface area contributed by atoms with Crippen LogP contribution in [0.3, 0.4) is 0 Å².